The molecule has 0 amide bonds. The number of aliphatic carboxylic acids is 1. The molecule has 186 valence electrons. The lowest BCUT2D eigenvalue weighted by Crippen LogP contribution is -2.42. The molecular weight excluding hydrogens is 475 g/mol. The quantitative estimate of drug-likeness (QED) is 0.423. The number of carboxylic acids is 2. The number of piperidine rings is 1. The summed E-state index contributed by atoms with van der Waals surface area (Å²) in [5.74, 6) is -2.70. The minimum absolute atomic E-state index is 0.00247. The van der Waals surface area contributed by atoms with Gasteiger partial charge in [-0.15, -0.1) is 5.10 Å². The van der Waals surface area contributed by atoms with Gasteiger partial charge in [0.05, 0.1) is 12.6 Å². The van der Waals surface area contributed by atoms with Crippen LogP contribution >= 0.6 is 12.6 Å². The molecule has 0 spiro atoms. The number of hydrogen-bond acceptors (Lipinski definition) is 7. The molecule has 1 aromatic heterocycles. The molecule has 0 bridgehead atoms. The maximum Gasteiger partial charge on any atom is 0.358 e. The fraction of sp³-hybridized carbons (Fsp3) is 0.458. The smallest absolute Gasteiger partial charge is 0.358 e. The molecule has 1 saturated heterocycles. The van der Waals surface area contributed by atoms with Crippen LogP contribution in [0.1, 0.15) is 59.9 Å². The second-order valence-electron chi connectivity index (χ2n) is 8.93. The van der Waals surface area contributed by atoms with Crippen molar-refractivity contribution < 1.29 is 29.0 Å². The summed E-state index contributed by atoms with van der Waals surface area (Å²) in [6.45, 7) is 1.00. The summed E-state index contributed by atoms with van der Waals surface area (Å²) in [7, 11) is 0. The first-order chi connectivity index (χ1) is 16.7. The van der Waals surface area contributed by atoms with Crippen LogP contribution in [0.25, 0.3) is 6.08 Å². The average molecular weight is 503 g/mol. The summed E-state index contributed by atoms with van der Waals surface area (Å²) in [5.41, 5.74) is 0.992. The molecule has 1 saturated carbocycles. The largest absolute Gasteiger partial charge is 0.481 e. The molecule has 2 N–H and O–H groups in total. The molecule has 2 atom stereocenters. The second kappa shape index (κ2) is 10.7. The molecule has 11 heteroatoms. The van der Waals surface area contributed by atoms with E-state index >= 15 is 0 Å². The minimum Gasteiger partial charge on any atom is -0.481 e. The van der Waals surface area contributed by atoms with Crippen molar-refractivity contribution in [3.63, 3.8) is 0 Å². The van der Waals surface area contributed by atoms with Crippen molar-refractivity contribution in [3.05, 3.63) is 52.6 Å². The number of thiol groups is 1. The number of rotatable bonds is 10. The zero-order valence-corrected chi connectivity index (χ0v) is 19.9. The number of carbonyl (C=O) groups excluding carboxylic acids is 1. The number of halogens is 1. The Labute approximate surface area is 207 Å². The van der Waals surface area contributed by atoms with Crippen molar-refractivity contribution in [2.24, 2.45) is 5.92 Å². The van der Waals surface area contributed by atoms with Gasteiger partial charge in [0.2, 0.25) is 0 Å². The van der Waals surface area contributed by atoms with Gasteiger partial charge in [-0.05, 0) is 43.4 Å². The molecule has 9 nitrogen and oxygen atoms in total. The van der Waals surface area contributed by atoms with Crippen molar-refractivity contribution in [2.45, 2.75) is 49.9 Å². The highest BCUT2D eigenvalue weighted by Crippen LogP contribution is 2.39. The van der Waals surface area contributed by atoms with E-state index in [0.717, 1.165) is 18.4 Å². The summed E-state index contributed by atoms with van der Waals surface area (Å²) < 4.78 is 14.7. The molecule has 2 unspecified atom stereocenters. The summed E-state index contributed by atoms with van der Waals surface area (Å²) in [4.78, 5) is 38.8. The lowest BCUT2D eigenvalue weighted by Gasteiger charge is -2.37. The molecule has 4 rings (SSSR count). The first kappa shape index (κ1) is 25.1. The molecule has 0 radical (unpaired) electrons. The van der Waals surface area contributed by atoms with Crippen LogP contribution in [-0.4, -0.2) is 66.2 Å². The van der Waals surface area contributed by atoms with Crippen molar-refractivity contribution >= 4 is 36.4 Å². The molecule has 1 aliphatic heterocycles. The van der Waals surface area contributed by atoms with E-state index in [9.17, 15) is 23.9 Å². The Kier molecular flexibility index (Phi) is 7.66. The molecule has 35 heavy (non-hydrogen) atoms. The van der Waals surface area contributed by atoms with E-state index < -0.39 is 23.8 Å². The van der Waals surface area contributed by atoms with E-state index in [2.05, 4.69) is 22.8 Å². The van der Waals surface area contributed by atoms with Gasteiger partial charge in [-0.3, -0.25) is 14.5 Å². The van der Waals surface area contributed by atoms with Crippen LogP contribution in [0.4, 0.5) is 4.39 Å². The third-order valence-corrected chi connectivity index (χ3v) is 6.86. The fourth-order valence-corrected chi connectivity index (χ4v) is 4.60. The number of Topliss-reactive ketones (excluding diaryl/α,β-unsaturated/α-hetero) is 1. The van der Waals surface area contributed by atoms with Crippen LogP contribution in [0.15, 0.2) is 29.8 Å². The Morgan fingerprint density at radius 2 is 1.91 bits per heavy atom. The molecule has 2 heterocycles. The number of aromatic nitrogens is 3. The van der Waals surface area contributed by atoms with E-state index in [1.54, 1.807) is 24.3 Å². The highest BCUT2D eigenvalue weighted by molar-refractivity contribution is 7.81. The predicted molar refractivity (Wildman–Crippen MR) is 128 cm³/mol. The maximum absolute atomic E-state index is 14.7. The van der Waals surface area contributed by atoms with E-state index in [1.165, 1.54) is 10.9 Å². The van der Waals surface area contributed by atoms with Crippen molar-refractivity contribution in [3.8, 4) is 0 Å². The first-order valence-corrected chi connectivity index (χ1v) is 12.1. The van der Waals surface area contributed by atoms with E-state index in [-0.39, 0.29) is 47.7 Å². The number of aryl methyl sites for hydroxylation is 1. The van der Waals surface area contributed by atoms with Gasteiger partial charge >= 0.3 is 11.9 Å². The number of hydrogen-bond donors (Lipinski definition) is 3. The van der Waals surface area contributed by atoms with Gasteiger partial charge in [-0.2, -0.15) is 22.5 Å². The normalized spacial score (nSPS) is 20.6. The Balaban J connectivity index is 1.62. The van der Waals surface area contributed by atoms with Gasteiger partial charge < -0.3 is 10.2 Å². The number of carbonyl (C=O) groups is 3. The standard InChI is InChI=1S/C24H27FN4O5S/c25-17-5-2-1-4-16(17)22(23(32)14-7-8-14)28-11-9-19(35)15(13-28)12-18-21(24(33)34)27-29(26-18)10-3-6-20(30)31/h1-2,4-5,12,14,19,22,35H,3,6-11,13H2,(H,30,31)(H,33,34)/b15-12-. The fourth-order valence-electron chi connectivity index (χ4n) is 4.33. The highest BCUT2D eigenvalue weighted by Gasteiger charge is 2.41. The lowest BCUT2D eigenvalue weighted by atomic mass is 9.93. The SMILES string of the molecule is O=C(O)CCCn1nc(/C=C2/CN(C(C(=O)C3CC3)c3ccccc3F)CCC2S)c(C(=O)O)n1. The number of aromatic carboxylic acids is 1. The maximum atomic E-state index is 14.7. The summed E-state index contributed by atoms with van der Waals surface area (Å²) in [6.07, 6.45) is 4.00. The topological polar surface area (TPSA) is 126 Å². The lowest BCUT2D eigenvalue weighted by molar-refractivity contribution is -0.137. The summed E-state index contributed by atoms with van der Waals surface area (Å²) in [5, 5.41) is 26.5. The molecule has 2 aromatic rings. The van der Waals surface area contributed by atoms with Gasteiger partial charge in [0.1, 0.15) is 11.5 Å². The second-order valence-corrected chi connectivity index (χ2v) is 9.55. The molecule has 2 fully saturated rings. The zero-order valence-electron chi connectivity index (χ0n) is 19.0. The third-order valence-electron chi connectivity index (χ3n) is 6.27. The van der Waals surface area contributed by atoms with E-state index in [0.29, 0.717) is 25.1 Å². The van der Waals surface area contributed by atoms with Gasteiger partial charge in [0, 0.05) is 36.2 Å². The van der Waals surface area contributed by atoms with Crippen LogP contribution < -0.4 is 0 Å². The highest BCUT2D eigenvalue weighted by atomic mass is 32.1. The third kappa shape index (κ3) is 5.96. The Hall–Kier alpha value is -3.05. The van der Waals surface area contributed by atoms with Crippen LogP contribution in [-0.2, 0) is 16.1 Å². The summed E-state index contributed by atoms with van der Waals surface area (Å²) in [6, 6.07) is 5.58. The number of likely N-dealkylation sites (tertiary alicyclic amines) is 1. The average Bonchev–Trinajstić information content (AvgIpc) is 3.58. The monoisotopic (exact) mass is 502 g/mol. The summed E-state index contributed by atoms with van der Waals surface area (Å²) >= 11 is 4.66. The van der Waals surface area contributed by atoms with Crippen LogP contribution in [0.3, 0.4) is 0 Å². The Bertz CT molecular complexity index is 1160. The molecule has 2 aliphatic rings. The van der Waals surface area contributed by atoms with Crippen molar-refractivity contribution in [1.82, 2.24) is 19.9 Å². The van der Waals surface area contributed by atoms with Crippen molar-refractivity contribution in [2.75, 3.05) is 13.1 Å². The number of benzene rings is 1. The van der Waals surface area contributed by atoms with Gasteiger partial charge in [0.25, 0.3) is 0 Å². The number of ketones is 1. The van der Waals surface area contributed by atoms with Crippen molar-refractivity contribution in [1.29, 1.82) is 0 Å². The number of nitrogens with zero attached hydrogens (tertiary/aromatic N) is 4. The van der Waals surface area contributed by atoms with Crippen LogP contribution in [0, 0.1) is 11.7 Å². The first-order valence-electron chi connectivity index (χ1n) is 11.6. The van der Waals surface area contributed by atoms with Gasteiger partial charge in [0.15, 0.2) is 11.5 Å². The molecule has 1 aromatic carbocycles. The van der Waals surface area contributed by atoms with Gasteiger partial charge in [-0.1, -0.05) is 18.2 Å². The molecular formula is C24H27FN4O5S. The number of carboxylic acid groups (broad SMARTS) is 2. The predicted octanol–water partition coefficient (Wildman–Crippen LogP) is 3.09. The van der Waals surface area contributed by atoms with E-state index in [4.69, 9.17) is 5.11 Å². The van der Waals surface area contributed by atoms with Crippen LogP contribution in [0.5, 0.6) is 0 Å². The zero-order chi connectivity index (χ0) is 25.1. The Morgan fingerprint density at radius 3 is 2.57 bits per heavy atom. The van der Waals surface area contributed by atoms with E-state index in [1.807, 2.05) is 4.90 Å². The Morgan fingerprint density at radius 1 is 1.17 bits per heavy atom. The van der Waals surface area contributed by atoms with Gasteiger partial charge in [-0.25, -0.2) is 9.18 Å². The minimum atomic E-state index is -1.25. The molecule has 1 aliphatic carbocycles. The van der Waals surface area contributed by atoms with Crippen LogP contribution in [0.2, 0.25) is 0 Å².